The summed E-state index contributed by atoms with van der Waals surface area (Å²) in [6.07, 6.45) is 10.2. The zero-order valence-corrected chi connectivity index (χ0v) is 26.7. The molecule has 47 heavy (non-hydrogen) atoms. The van der Waals surface area contributed by atoms with Gasteiger partial charge in [-0.3, -0.25) is 24.0 Å². The third-order valence-corrected chi connectivity index (χ3v) is 9.36. The van der Waals surface area contributed by atoms with E-state index in [0.717, 1.165) is 44.3 Å². The average Bonchev–Trinajstić information content (AvgIpc) is 3.71. The van der Waals surface area contributed by atoms with Crippen molar-refractivity contribution in [1.82, 2.24) is 30.0 Å². The van der Waals surface area contributed by atoms with Gasteiger partial charge in [0.15, 0.2) is 0 Å². The van der Waals surface area contributed by atoms with Crippen LogP contribution in [0.2, 0.25) is 0 Å². The second-order valence-electron chi connectivity index (χ2n) is 12.6. The van der Waals surface area contributed by atoms with E-state index in [1.54, 1.807) is 36.6 Å². The number of rotatable bonds is 2. The SMILES string of the molecule is Cc1cc(C[C@H]2NC(=O)c3cc4c(cn3)C[C@]3(C4)C(=O)Nc4ncc(cc43)/C=C\COCCOCCN(C)C2=O)cc2cnn(C)c12. The van der Waals surface area contributed by atoms with Gasteiger partial charge in [0.05, 0.1) is 43.6 Å². The fourth-order valence-electron chi connectivity index (χ4n) is 6.97. The molecule has 242 valence electrons. The molecule has 5 heterocycles. The predicted octanol–water partition coefficient (Wildman–Crippen LogP) is 2.52. The number of anilines is 1. The highest BCUT2D eigenvalue weighted by Gasteiger charge is 2.51. The van der Waals surface area contributed by atoms with Gasteiger partial charge in [-0.15, -0.1) is 0 Å². The Balaban J connectivity index is 1.20. The molecule has 3 amide bonds. The van der Waals surface area contributed by atoms with Crippen LogP contribution in [0.25, 0.3) is 17.0 Å². The summed E-state index contributed by atoms with van der Waals surface area (Å²) >= 11 is 0. The number of nitrogens with one attached hydrogen (secondary N) is 2. The number of pyridine rings is 2. The van der Waals surface area contributed by atoms with Crippen LogP contribution in [0.5, 0.6) is 0 Å². The number of amides is 3. The van der Waals surface area contributed by atoms with E-state index in [2.05, 4.69) is 25.7 Å². The first-order chi connectivity index (χ1) is 22.7. The van der Waals surface area contributed by atoms with Crippen LogP contribution in [-0.2, 0) is 50.8 Å². The van der Waals surface area contributed by atoms with E-state index in [9.17, 15) is 14.4 Å². The summed E-state index contributed by atoms with van der Waals surface area (Å²) in [5.41, 5.74) is 5.80. The summed E-state index contributed by atoms with van der Waals surface area (Å²) < 4.78 is 13.3. The molecular formula is C35H37N7O5. The quantitative estimate of drug-likeness (QED) is 0.343. The van der Waals surface area contributed by atoms with Crippen molar-refractivity contribution in [3.63, 3.8) is 0 Å². The number of hydrogen-bond donors (Lipinski definition) is 2. The summed E-state index contributed by atoms with van der Waals surface area (Å²) in [5, 5.41) is 11.3. The molecule has 1 spiro atoms. The van der Waals surface area contributed by atoms with Crippen molar-refractivity contribution in [3.05, 3.63) is 88.0 Å². The summed E-state index contributed by atoms with van der Waals surface area (Å²) in [6, 6.07) is 6.92. The Labute approximate surface area is 272 Å². The number of likely N-dealkylation sites (N-methyl/N-ethyl adjacent to an activating group) is 1. The van der Waals surface area contributed by atoms with Crippen molar-refractivity contribution in [2.75, 3.05) is 45.3 Å². The second kappa shape index (κ2) is 12.3. The fraction of sp³-hybridized carbons (Fsp3) is 0.371. The van der Waals surface area contributed by atoms with Gasteiger partial charge in [-0.05, 0) is 65.8 Å². The number of ether oxygens (including phenoxy) is 2. The van der Waals surface area contributed by atoms with Crippen molar-refractivity contribution < 1.29 is 23.9 Å². The van der Waals surface area contributed by atoms with Gasteiger partial charge in [0, 0.05) is 50.4 Å². The molecule has 12 heteroatoms. The molecule has 0 fully saturated rings. The maximum absolute atomic E-state index is 13.8. The maximum atomic E-state index is 13.8. The van der Waals surface area contributed by atoms with Crippen molar-refractivity contribution in [2.24, 2.45) is 7.05 Å². The van der Waals surface area contributed by atoms with Crippen LogP contribution in [0.3, 0.4) is 0 Å². The largest absolute Gasteiger partial charge is 0.377 e. The molecule has 7 rings (SSSR count). The lowest BCUT2D eigenvalue weighted by Gasteiger charge is -2.25. The van der Waals surface area contributed by atoms with Gasteiger partial charge >= 0.3 is 0 Å². The van der Waals surface area contributed by atoms with E-state index in [0.29, 0.717) is 51.6 Å². The van der Waals surface area contributed by atoms with Gasteiger partial charge in [-0.1, -0.05) is 18.2 Å². The predicted molar refractivity (Wildman–Crippen MR) is 175 cm³/mol. The Kier molecular flexibility index (Phi) is 8.06. The Bertz CT molecular complexity index is 1930. The number of nitrogens with zero attached hydrogens (tertiary/aromatic N) is 5. The van der Waals surface area contributed by atoms with E-state index in [1.165, 1.54) is 0 Å². The van der Waals surface area contributed by atoms with Gasteiger partial charge in [-0.25, -0.2) is 4.98 Å². The topological polar surface area (TPSA) is 141 Å². The van der Waals surface area contributed by atoms with E-state index in [-0.39, 0.29) is 23.9 Å². The maximum Gasteiger partial charge on any atom is 0.270 e. The number of fused-ring (bicyclic) bond motifs is 3. The first-order valence-electron chi connectivity index (χ1n) is 15.8. The Hall–Kier alpha value is -4.94. The van der Waals surface area contributed by atoms with E-state index < -0.39 is 17.4 Å². The van der Waals surface area contributed by atoms with Crippen LogP contribution in [0.4, 0.5) is 5.82 Å². The van der Waals surface area contributed by atoms with Crippen LogP contribution >= 0.6 is 0 Å². The van der Waals surface area contributed by atoms with Gasteiger partial charge in [0.1, 0.15) is 17.6 Å². The lowest BCUT2D eigenvalue weighted by Crippen LogP contribution is -2.49. The van der Waals surface area contributed by atoms with Gasteiger partial charge in [0.2, 0.25) is 11.8 Å². The van der Waals surface area contributed by atoms with Gasteiger partial charge < -0.3 is 25.0 Å². The lowest BCUT2D eigenvalue weighted by atomic mass is 9.79. The third-order valence-electron chi connectivity index (χ3n) is 9.36. The Morgan fingerprint density at radius 2 is 1.79 bits per heavy atom. The minimum atomic E-state index is -0.854. The molecule has 3 aliphatic rings. The number of benzene rings is 1. The number of carbonyl (C=O) groups is 3. The highest BCUT2D eigenvalue weighted by molar-refractivity contribution is 6.06. The molecule has 2 aliphatic heterocycles. The minimum absolute atomic E-state index is 0.115. The first kappa shape index (κ1) is 30.7. The third kappa shape index (κ3) is 5.79. The smallest absolute Gasteiger partial charge is 0.270 e. The molecule has 12 nitrogen and oxygen atoms in total. The summed E-state index contributed by atoms with van der Waals surface area (Å²) in [4.78, 5) is 51.6. The molecule has 0 radical (unpaired) electrons. The monoisotopic (exact) mass is 635 g/mol. The molecule has 4 aromatic rings. The summed E-state index contributed by atoms with van der Waals surface area (Å²) in [5.74, 6) is -0.257. The van der Waals surface area contributed by atoms with E-state index in [1.807, 2.05) is 49.0 Å². The molecule has 0 saturated heterocycles. The van der Waals surface area contributed by atoms with Gasteiger partial charge in [-0.2, -0.15) is 5.10 Å². The number of aromatic nitrogens is 4. The van der Waals surface area contributed by atoms with Crippen LogP contribution in [-0.4, -0.2) is 88.4 Å². The van der Waals surface area contributed by atoms with E-state index >= 15 is 0 Å². The van der Waals surface area contributed by atoms with Crippen molar-refractivity contribution >= 4 is 40.5 Å². The van der Waals surface area contributed by atoms with Crippen LogP contribution in [0, 0.1) is 6.92 Å². The zero-order valence-electron chi connectivity index (χ0n) is 26.7. The van der Waals surface area contributed by atoms with Crippen molar-refractivity contribution in [3.8, 4) is 0 Å². The Morgan fingerprint density at radius 1 is 0.957 bits per heavy atom. The molecule has 5 bridgehead atoms. The zero-order chi connectivity index (χ0) is 32.7. The summed E-state index contributed by atoms with van der Waals surface area (Å²) in [6.45, 7) is 3.85. The highest BCUT2D eigenvalue weighted by atomic mass is 16.5. The highest BCUT2D eigenvalue weighted by Crippen LogP contribution is 2.47. The molecule has 0 unspecified atom stereocenters. The van der Waals surface area contributed by atoms with Crippen LogP contribution in [0.1, 0.15) is 43.9 Å². The number of carbonyl (C=O) groups excluding carboxylic acids is 3. The standard InChI is InChI=1S/C35H37N7O5/c1-21-11-23(12-25-20-38-42(3)30(21)25)14-29-33(44)41(2)6-8-47-10-9-46-7-4-5-22-13-27-31(37-18-22)40-34(45)35(27)16-24-15-28(32(43)39-29)36-19-26(24)17-35/h4-5,11-13,15,18-20,29H,6-10,14,16-17H2,1-3H3,(H,39,43)(H,37,40,45)/b5-4-/t29-,35+/m1/s1. The first-order valence-corrected chi connectivity index (χ1v) is 15.8. The number of aryl methyl sites for hydroxylation is 2. The second-order valence-corrected chi connectivity index (χ2v) is 12.6. The normalized spacial score (nSPS) is 22.6. The number of hydrogen-bond acceptors (Lipinski definition) is 8. The summed E-state index contributed by atoms with van der Waals surface area (Å²) in [7, 11) is 3.60. The molecule has 0 saturated carbocycles. The molecule has 3 aromatic heterocycles. The lowest BCUT2D eigenvalue weighted by molar-refractivity contribution is -0.132. The van der Waals surface area contributed by atoms with Crippen LogP contribution in [0.15, 0.2) is 48.9 Å². The van der Waals surface area contributed by atoms with Crippen LogP contribution < -0.4 is 10.6 Å². The Morgan fingerprint density at radius 3 is 2.66 bits per heavy atom. The van der Waals surface area contributed by atoms with Gasteiger partial charge in [0.25, 0.3) is 5.91 Å². The van der Waals surface area contributed by atoms with Crippen molar-refractivity contribution in [2.45, 2.75) is 37.6 Å². The molecular weight excluding hydrogens is 598 g/mol. The minimum Gasteiger partial charge on any atom is -0.377 e. The molecule has 1 aliphatic carbocycles. The fourth-order valence-corrected chi connectivity index (χ4v) is 6.97. The molecule has 1 aromatic carbocycles. The average molecular weight is 636 g/mol. The molecule has 2 N–H and O–H groups in total. The van der Waals surface area contributed by atoms with E-state index in [4.69, 9.17) is 9.47 Å². The van der Waals surface area contributed by atoms with Crippen molar-refractivity contribution in [1.29, 1.82) is 0 Å². The molecule has 2 atom stereocenters.